The number of aromatic hydroxyl groups is 1. The van der Waals surface area contributed by atoms with Gasteiger partial charge in [0.05, 0.1) is 0 Å². The normalized spacial score (nSPS) is 10.6. The molecule has 0 saturated heterocycles. The molecule has 82 valence electrons. The van der Waals surface area contributed by atoms with Crippen molar-refractivity contribution < 1.29 is 15.0 Å². The van der Waals surface area contributed by atoms with E-state index < -0.39 is 5.97 Å². The van der Waals surface area contributed by atoms with Crippen molar-refractivity contribution in [2.75, 3.05) is 0 Å². The topological polar surface area (TPSA) is 57.5 Å². The van der Waals surface area contributed by atoms with Crippen LogP contribution in [0.4, 0.5) is 0 Å². The van der Waals surface area contributed by atoms with Crippen LogP contribution in [0.1, 0.15) is 37.3 Å². The fourth-order valence-corrected chi connectivity index (χ4v) is 1.41. The molecule has 1 rings (SSSR count). The first-order chi connectivity index (χ1) is 7.00. The number of rotatable bonds is 4. The Morgan fingerprint density at radius 1 is 1.40 bits per heavy atom. The van der Waals surface area contributed by atoms with Crippen molar-refractivity contribution in [2.45, 2.75) is 32.6 Å². The zero-order chi connectivity index (χ0) is 11.4. The van der Waals surface area contributed by atoms with Crippen LogP contribution in [0.3, 0.4) is 0 Å². The minimum Gasteiger partial charge on any atom is -0.508 e. The van der Waals surface area contributed by atoms with Gasteiger partial charge < -0.3 is 10.2 Å². The molecule has 0 aliphatic heterocycles. The number of hydrogen-bond donors (Lipinski definition) is 2. The number of aryl methyl sites for hydroxylation is 1. The lowest BCUT2D eigenvalue weighted by molar-refractivity contribution is -0.136. The maximum absolute atomic E-state index is 10.4. The minimum absolute atomic E-state index is 0.0507. The highest BCUT2D eigenvalue weighted by Gasteiger charge is 2.07. The molecule has 0 aliphatic carbocycles. The number of benzene rings is 1. The zero-order valence-corrected chi connectivity index (χ0v) is 9.03. The molecule has 0 spiro atoms. The van der Waals surface area contributed by atoms with E-state index in [1.165, 1.54) is 0 Å². The van der Waals surface area contributed by atoms with Crippen LogP contribution in [0.25, 0.3) is 0 Å². The van der Waals surface area contributed by atoms with Crippen molar-refractivity contribution in [1.29, 1.82) is 0 Å². The lowest BCUT2D eigenvalue weighted by Gasteiger charge is -2.09. The number of phenols is 1. The van der Waals surface area contributed by atoms with Crippen molar-refractivity contribution in [3.8, 4) is 5.75 Å². The van der Waals surface area contributed by atoms with Gasteiger partial charge in [-0.1, -0.05) is 26.0 Å². The quantitative estimate of drug-likeness (QED) is 0.799. The molecule has 0 saturated carbocycles. The van der Waals surface area contributed by atoms with E-state index in [-0.39, 0.29) is 12.2 Å². The number of phenolic OH excluding ortho intramolecular Hbond substituents is 1. The molecule has 1 aromatic carbocycles. The highest BCUT2D eigenvalue weighted by Crippen LogP contribution is 2.24. The SMILES string of the molecule is CC(C)c1ccc(O)c(CCC(=O)O)c1. The number of carbonyl (C=O) groups is 1. The average molecular weight is 208 g/mol. The van der Waals surface area contributed by atoms with Crippen molar-refractivity contribution >= 4 is 5.97 Å². The van der Waals surface area contributed by atoms with Gasteiger partial charge in [0, 0.05) is 6.42 Å². The van der Waals surface area contributed by atoms with E-state index in [0.717, 1.165) is 5.56 Å². The molecule has 0 amide bonds. The second-order valence-electron chi connectivity index (χ2n) is 3.94. The summed E-state index contributed by atoms with van der Waals surface area (Å²) in [4.78, 5) is 10.4. The third kappa shape index (κ3) is 3.27. The summed E-state index contributed by atoms with van der Waals surface area (Å²) >= 11 is 0. The molecule has 0 bridgehead atoms. The monoisotopic (exact) mass is 208 g/mol. The number of hydrogen-bond acceptors (Lipinski definition) is 2. The van der Waals surface area contributed by atoms with Crippen LogP contribution < -0.4 is 0 Å². The lowest BCUT2D eigenvalue weighted by atomic mass is 9.98. The predicted octanol–water partition coefficient (Wildman–Crippen LogP) is 2.53. The first-order valence-corrected chi connectivity index (χ1v) is 5.04. The summed E-state index contributed by atoms with van der Waals surface area (Å²) in [7, 11) is 0. The molecule has 0 aromatic heterocycles. The summed E-state index contributed by atoms with van der Waals surface area (Å²) in [5, 5.41) is 18.1. The molecule has 0 radical (unpaired) electrons. The number of aliphatic carboxylic acids is 1. The van der Waals surface area contributed by atoms with Crippen LogP contribution in [-0.2, 0) is 11.2 Å². The molecular weight excluding hydrogens is 192 g/mol. The maximum atomic E-state index is 10.4. The largest absolute Gasteiger partial charge is 0.508 e. The molecule has 0 fully saturated rings. The molecule has 1 aromatic rings. The molecule has 0 atom stereocenters. The first kappa shape index (κ1) is 11.6. The van der Waals surface area contributed by atoms with Gasteiger partial charge in [-0.3, -0.25) is 4.79 Å². The Morgan fingerprint density at radius 2 is 2.07 bits per heavy atom. The summed E-state index contributed by atoms with van der Waals surface area (Å²) in [6.45, 7) is 4.13. The highest BCUT2D eigenvalue weighted by atomic mass is 16.4. The van der Waals surface area contributed by atoms with Crippen molar-refractivity contribution in [2.24, 2.45) is 0 Å². The van der Waals surface area contributed by atoms with E-state index in [2.05, 4.69) is 13.8 Å². The smallest absolute Gasteiger partial charge is 0.303 e. The van der Waals surface area contributed by atoms with E-state index in [9.17, 15) is 9.90 Å². The first-order valence-electron chi connectivity index (χ1n) is 5.04. The van der Waals surface area contributed by atoms with Gasteiger partial charge >= 0.3 is 5.97 Å². The summed E-state index contributed by atoms with van der Waals surface area (Å²) in [5.41, 5.74) is 1.83. The third-order valence-electron chi connectivity index (χ3n) is 2.38. The molecule has 0 aliphatic rings. The summed E-state index contributed by atoms with van der Waals surface area (Å²) in [6, 6.07) is 5.37. The number of carboxylic acid groups (broad SMARTS) is 1. The van der Waals surface area contributed by atoms with Gasteiger partial charge in [-0.15, -0.1) is 0 Å². The van der Waals surface area contributed by atoms with Gasteiger partial charge in [-0.2, -0.15) is 0 Å². The zero-order valence-electron chi connectivity index (χ0n) is 9.03. The third-order valence-corrected chi connectivity index (χ3v) is 2.38. The second-order valence-corrected chi connectivity index (χ2v) is 3.94. The molecule has 3 nitrogen and oxygen atoms in total. The van der Waals surface area contributed by atoms with E-state index >= 15 is 0 Å². The van der Waals surface area contributed by atoms with Crippen LogP contribution in [0.5, 0.6) is 5.75 Å². The molecule has 15 heavy (non-hydrogen) atoms. The van der Waals surface area contributed by atoms with Crippen molar-refractivity contribution in [3.63, 3.8) is 0 Å². The van der Waals surface area contributed by atoms with E-state index in [1.54, 1.807) is 6.07 Å². The van der Waals surface area contributed by atoms with Gasteiger partial charge in [0.1, 0.15) is 5.75 Å². The Bertz CT molecular complexity index is 356. The Hall–Kier alpha value is -1.51. The van der Waals surface area contributed by atoms with Gasteiger partial charge in [0.25, 0.3) is 0 Å². The fourth-order valence-electron chi connectivity index (χ4n) is 1.41. The molecule has 0 unspecified atom stereocenters. The minimum atomic E-state index is -0.843. The van der Waals surface area contributed by atoms with Gasteiger partial charge in [-0.05, 0) is 29.5 Å². The Kier molecular flexibility index (Phi) is 3.72. The van der Waals surface area contributed by atoms with Crippen LogP contribution in [0, 0.1) is 0 Å². The molecule has 0 heterocycles. The molecule has 2 N–H and O–H groups in total. The summed E-state index contributed by atoms with van der Waals surface area (Å²) in [6.07, 6.45) is 0.427. The van der Waals surface area contributed by atoms with Crippen LogP contribution in [-0.4, -0.2) is 16.2 Å². The summed E-state index contributed by atoms with van der Waals surface area (Å²) < 4.78 is 0. The predicted molar refractivity (Wildman–Crippen MR) is 58.2 cm³/mol. The van der Waals surface area contributed by atoms with Gasteiger partial charge in [0.2, 0.25) is 0 Å². The summed E-state index contributed by atoms with van der Waals surface area (Å²) in [5.74, 6) is -0.279. The lowest BCUT2D eigenvalue weighted by Crippen LogP contribution is -1.99. The molecule has 3 heteroatoms. The second kappa shape index (κ2) is 4.82. The van der Waals surface area contributed by atoms with Gasteiger partial charge in [-0.25, -0.2) is 0 Å². The van der Waals surface area contributed by atoms with Crippen LogP contribution >= 0.6 is 0 Å². The maximum Gasteiger partial charge on any atom is 0.303 e. The van der Waals surface area contributed by atoms with Crippen molar-refractivity contribution in [1.82, 2.24) is 0 Å². The van der Waals surface area contributed by atoms with Crippen LogP contribution in [0.2, 0.25) is 0 Å². The number of carboxylic acids is 1. The average Bonchev–Trinajstić information content (AvgIpc) is 2.16. The van der Waals surface area contributed by atoms with E-state index in [4.69, 9.17) is 5.11 Å². The van der Waals surface area contributed by atoms with Crippen molar-refractivity contribution in [3.05, 3.63) is 29.3 Å². The Morgan fingerprint density at radius 3 is 2.60 bits per heavy atom. The van der Waals surface area contributed by atoms with E-state index in [1.807, 2.05) is 12.1 Å². The standard InChI is InChI=1S/C12H16O3/c1-8(2)9-3-5-11(13)10(7-9)4-6-12(14)15/h3,5,7-8,13H,4,6H2,1-2H3,(H,14,15). The van der Waals surface area contributed by atoms with Gasteiger partial charge in [0.15, 0.2) is 0 Å². The Balaban J connectivity index is 2.85. The Labute approximate surface area is 89.4 Å². The fraction of sp³-hybridized carbons (Fsp3) is 0.417. The van der Waals surface area contributed by atoms with Crippen LogP contribution in [0.15, 0.2) is 18.2 Å². The van der Waals surface area contributed by atoms with E-state index in [0.29, 0.717) is 17.9 Å². The highest BCUT2D eigenvalue weighted by molar-refractivity contribution is 5.67. The molecular formula is C12H16O3.